The van der Waals surface area contributed by atoms with E-state index in [1.54, 1.807) is 7.11 Å². The molecule has 0 aromatic rings. The molecule has 0 aliphatic heterocycles. The Morgan fingerprint density at radius 3 is 2.44 bits per heavy atom. The Morgan fingerprint density at radius 2 is 1.76 bits per heavy atom. The molecule has 0 amide bonds. The molecule has 10 atom stereocenters. The molecule has 0 aromatic heterocycles. The van der Waals surface area contributed by atoms with Crippen LogP contribution in [0.4, 0.5) is 0 Å². The summed E-state index contributed by atoms with van der Waals surface area (Å²) in [6, 6.07) is 0. The molecular formula is C22H38O3. The lowest BCUT2D eigenvalue weighted by Gasteiger charge is -2.58. The molecule has 25 heavy (non-hydrogen) atoms. The Morgan fingerprint density at radius 1 is 1.00 bits per heavy atom. The second-order valence-corrected chi connectivity index (χ2v) is 10.4. The van der Waals surface area contributed by atoms with Gasteiger partial charge in [-0.15, -0.1) is 0 Å². The normalized spacial score (nSPS) is 56.6. The highest BCUT2D eigenvalue weighted by molar-refractivity contribution is 5.08. The van der Waals surface area contributed by atoms with Crippen LogP contribution in [0.15, 0.2) is 0 Å². The van der Waals surface area contributed by atoms with E-state index < -0.39 is 5.60 Å². The Kier molecular flexibility index (Phi) is 4.53. The molecule has 4 aliphatic carbocycles. The lowest BCUT2D eigenvalue weighted by molar-refractivity contribution is -0.165. The second kappa shape index (κ2) is 6.21. The first kappa shape index (κ1) is 18.3. The number of methoxy groups -OCH3 is 1. The van der Waals surface area contributed by atoms with E-state index in [0.717, 1.165) is 36.5 Å². The summed E-state index contributed by atoms with van der Waals surface area (Å²) in [6.45, 7) is 6.47. The van der Waals surface area contributed by atoms with Gasteiger partial charge in [0.05, 0.1) is 17.8 Å². The van der Waals surface area contributed by atoms with E-state index in [2.05, 4.69) is 6.92 Å². The molecule has 3 heteroatoms. The molecule has 3 nitrogen and oxygen atoms in total. The van der Waals surface area contributed by atoms with Crippen LogP contribution in [0.2, 0.25) is 0 Å². The number of ether oxygens (including phenoxy) is 1. The predicted octanol–water partition coefficient (Wildman–Crippen LogP) is 4.01. The van der Waals surface area contributed by atoms with Crippen LogP contribution in [0, 0.1) is 40.9 Å². The molecule has 4 rings (SSSR count). The van der Waals surface area contributed by atoms with Gasteiger partial charge in [0.15, 0.2) is 0 Å². The molecule has 144 valence electrons. The summed E-state index contributed by atoms with van der Waals surface area (Å²) in [5.41, 5.74) is -0.306. The topological polar surface area (TPSA) is 49.7 Å². The highest BCUT2D eigenvalue weighted by atomic mass is 16.5. The van der Waals surface area contributed by atoms with E-state index in [1.165, 1.54) is 38.5 Å². The minimum Gasteiger partial charge on any atom is -0.393 e. The summed E-state index contributed by atoms with van der Waals surface area (Å²) in [4.78, 5) is 0. The highest BCUT2D eigenvalue weighted by Crippen LogP contribution is 2.65. The lowest BCUT2D eigenvalue weighted by atomic mass is 9.48. The minimum absolute atomic E-state index is 0.00500. The van der Waals surface area contributed by atoms with Crippen molar-refractivity contribution in [3.63, 3.8) is 0 Å². The first-order valence-corrected chi connectivity index (χ1v) is 10.7. The van der Waals surface area contributed by atoms with Crippen molar-refractivity contribution in [3.05, 3.63) is 0 Å². The van der Waals surface area contributed by atoms with E-state index in [9.17, 15) is 10.2 Å². The predicted molar refractivity (Wildman–Crippen MR) is 99.1 cm³/mol. The van der Waals surface area contributed by atoms with Gasteiger partial charge >= 0.3 is 0 Å². The zero-order chi connectivity index (χ0) is 18.0. The summed E-state index contributed by atoms with van der Waals surface area (Å²) >= 11 is 0. The molecule has 0 saturated heterocycles. The summed E-state index contributed by atoms with van der Waals surface area (Å²) in [7, 11) is 1.77. The Hall–Kier alpha value is -0.120. The average Bonchev–Trinajstić information content (AvgIpc) is 2.90. The fraction of sp³-hybridized carbons (Fsp3) is 1.00. The first-order chi connectivity index (χ1) is 11.8. The SMILES string of the molecule is CO[C@H]1C[C@H]2[C@@H](CC[C@@H]3[C@@H]2CC[C@]2(C)[C@@H](C(C)O)CC[C@@H]32)C[C@]1(C)O. The molecule has 0 spiro atoms. The largest absolute Gasteiger partial charge is 0.393 e. The third-order valence-corrected chi connectivity index (χ3v) is 9.31. The smallest absolute Gasteiger partial charge is 0.0882 e. The van der Waals surface area contributed by atoms with Crippen molar-refractivity contribution >= 4 is 0 Å². The van der Waals surface area contributed by atoms with Crippen LogP contribution in [-0.4, -0.2) is 35.1 Å². The van der Waals surface area contributed by atoms with Crippen LogP contribution in [0.25, 0.3) is 0 Å². The summed E-state index contributed by atoms with van der Waals surface area (Å²) in [5, 5.41) is 21.1. The maximum absolute atomic E-state index is 10.8. The maximum atomic E-state index is 10.8. The van der Waals surface area contributed by atoms with Gasteiger partial charge in [-0.1, -0.05) is 6.92 Å². The number of aliphatic hydroxyl groups is 2. The van der Waals surface area contributed by atoms with Gasteiger partial charge in [-0.2, -0.15) is 0 Å². The standard InChI is InChI=1S/C22H38O3/c1-13(23)18-7-8-19-16-6-5-14-12-22(3,24)20(25-4)11-17(14)15(16)9-10-21(18,19)2/h13-20,23-24H,5-12H2,1-4H3/t13?,14-,15-,16+,17-,18+,19-,20-,21+,22-/m0/s1. The van der Waals surface area contributed by atoms with Crippen molar-refractivity contribution in [2.75, 3.05) is 7.11 Å². The van der Waals surface area contributed by atoms with Gasteiger partial charge < -0.3 is 14.9 Å². The molecule has 2 N–H and O–H groups in total. The molecule has 4 aliphatic rings. The number of fused-ring (bicyclic) bond motifs is 5. The number of hydrogen-bond acceptors (Lipinski definition) is 3. The lowest BCUT2D eigenvalue weighted by Crippen LogP contribution is -2.55. The van der Waals surface area contributed by atoms with Gasteiger partial charge in [0.2, 0.25) is 0 Å². The van der Waals surface area contributed by atoms with Crippen molar-refractivity contribution in [1.82, 2.24) is 0 Å². The molecule has 0 aromatic carbocycles. The Labute approximate surface area is 153 Å². The van der Waals surface area contributed by atoms with Crippen molar-refractivity contribution in [2.45, 2.75) is 89.9 Å². The fourth-order valence-corrected chi connectivity index (χ4v) is 8.20. The molecule has 0 bridgehead atoms. The maximum Gasteiger partial charge on any atom is 0.0882 e. The zero-order valence-corrected chi connectivity index (χ0v) is 16.6. The van der Waals surface area contributed by atoms with Crippen molar-refractivity contribution in [1.29, 1.82) is 0 Å². The van der Waals surface area contributed by atoms with Crippen LogP contribution >= 0.6 is 0 Å². The van der Waals surface area contributed by atoms with E-state index in [0.29, 0.717) is 17.3 Å². The number of rotatable bonds is 2. The molecular weight excluding hydrogens is 312 g/mol. The van der Waals surface area contributed by atoms with Crippen molar-refractivity contribution in [3.8, 4) is 0 Å². The van der Waals surface area contributed by atoms with E-state index in [1.807, 2.05) is 13.8 Å². The molecule has 1 unspecified atom stereocenters. The highest BCUT2D eigenvalue weighted by Gasteiger charge is 2.59. The van der Waals surface area contributed by atoms with Crippen molar-refractivity contribution in [2.24, 2.45) is 40.9 Å². The summed E-state index contributed by atoms with van der Waals surface area (Å²) < 4.78 is 5.71. The zero-order valence-electron chi connectivity index (χ0n) is 16.6. The molecule has 4 fully saturated rings. The summed E-state index contributed by atoms with van der Waals surface area (Å²) in [5.74, 6) is 4.37. The Bertz CT molecular complexity index is 502. The van der Waals surface area contributed by atoms with Gasteiger partial charge in [-0.05, 0) is 106 Å². The summed E-state index contributed by atoms with van der Waals surface area (Å²) in [6.07, 6.45) is 9.54. The number of aliphatic hydroxyl groups excluding tert-OH is 1. The van der Waals surface area contributed by atoms with Gasteiger partial charge in [-0.25, -0.2) is 0 Å². The van der Waals surface area contributed by atoms with Gasteiger partial charge in [0.1, 0.15) is 0 Å². The van der Waals surface area contributed by atoms with Crippen LogP contribution in [0.1, 0.15) is 72.1 Å². The second-order valence-electron chi connectivity index (χ2n) is 10.4. The monoisotopic (exact) mass is 350 g/mol. The van der Waals surface area contributed by atoms with Crippen molar-refractivity contribution < 1.29 is 14.9 Å². The van der Waals surface area contributed by atoms with Gasteiger partial charge in [-0.3, -0.25) is 0 Å². The fourth-order valence-electron chi connectivity index (χ4n) is 8.20. The van der Waals surface area contributed by atoms with Crippen LogP contribution in [-0.2, 0) is 4.74 Å². The average molecular weight is 351 g/mol. The molecule has 4 saturated carbocycles. The molecule has 0 heterocycles. The molecule has 0 radical (unpaired) electrons. The van der Waals surface area contributed by atoms with Gasteiger partial charge in [0, 0.05) is 7.11 Å². The third-order valence-electron chi connectivity index (χ3n) is 9.31. The van der Waals surface area contributed by atoms with Crippen LogP contribution in [0.5, 0.6) is 0 Å². The van der Waals surface area contributed by atoms with E-state index in [4.69, 9.17) is 4.74 Å². The van der Waals surface area contributed by atoms with E-state index in [-0.39, 0.29) is 12.2 Å². The quantitative estimate of drug-likeness (QED) is 0.791. The minimum atomic E-state index is -0.656. The Balaban J connectivity index is 1.56. The van der Waals surface area contributed by atoms with Crippen LogP contribution < -0.4 is 0 Å². The third kappa shape index (κ3) is 2.72. The van der Waals surface area contributed by atoms with E-state index >= 15 is 0 Å². The first-order valence-electron chi connectivity index (χ1n) is 10.7. The van der Waals surface area contributed by atoms with Crippen LogP contribution in [0.3, 0.4) is 0 Å². The number of hydrogen-bond donors (Lipinski definition) is 2. The van der Waals surface area contributed by atoms with Gasteiger partial charge in [0.25, 0.3) is 0 Å².